The molecule has 18 heavy (non-hydrogen) atoms. The Labute approximate surface area is 108 Å². The maximum Gasteiger partial charge on any atom is 0.161 e. The van der Waals surface area contributed by atoms with Gasteiger partial charge >= 0.3 is 0 Å². The number of piperidine rings is 1. The molecule has 3 nitrogen and oxygen atoms in total. The van der Waals surface area contributed by atoms with E-state index >= 15 is 0 Å². The van der Waals surface area contributed by atoms with Crippen LogP contribution in [0.2, 0.25) is 0 Å². The van der Waals surface area contributed by atoms with Crippen molar-refractivity contribution in [3.8, 4) is 11.5 Å². The summed E-state index contributed by atoms with van der Waals surface area (Å²) < 4.78 is 11.4. The largest absolute Gasteiger partial charge is 0.490 e. The van der Waals surface area contributed by atoms with E-state index in [9.17, 15) is 0 Å². The SMILES string of the molecule is c1cc2c(cc1CC1CCCNC1)OCCCO2. The van der Waals surface area contributed by atoms with Gasteiger partial charge in [0, 0.05) is 6.42 Å². The zero-order valence-electron chi connectivity index (χ0n) is 10.8. The van der Waals surface area contributed by atoms with Crippen LogP contribution in [0, 0.1) is 5.92 Å². The molecule has 1 unspecified atom stereocenters. The standard InChI is InChI=1S/C15H21NO2/c1-3-13(11-16-6-1)9-12-4-5-14-15(10-12)18-8-2-7-17-14/h4-5,10,13,16H,1-3,6-9,11H2. The van der Waals surface area contributed by atoms with E-state index in [0.29, 0.717) is 0 Å². The van der Waals surface area contributed by atoms with Crippen LogP contribution in [0.25, 0.3) is 0 Å². The Balaban J connectivity index is 1.70. The highest BCUT2D eigenvalue weighted by atomic mass is 16.5. The van der Waals surface area contributed by atoms with Gasteiger partial charge in [-0.3, -0.25) is 0 Å². The molecule has 2 heterocycles. The van der Waals surface area contributed by atoms with Gasteiger partial charge in [0.15, 0.2) is 11.5 Å². The number of rotatable bonds is 2. The fourth-order valence-electron chi connectivity index (χ4n) is 2.77. The van der Waals surface area contributed by atoms with Gasteiger partial charge in [0.05, 0.1) is 13.2 Å². The summed E-state index contributed by atoms with van der Waals surface area (Å²) in [5.74, 6) is 2.59. The van der Waals surface area contributed by atoms with Crippen LogP contribution in [-0.2, 0) is 6.42 Å². The Morgan fingerprint density at radius 1 is 1.11 bits per heavy atom. The van der Waals surface area contributed by atoms with E-state index in [1.165, 1.54) is 24.9 Å². The molecule has 1 saturated heterocycles. The van der Waals surface area contributed by atoms with Crippen LogP contribution in [0.15, 0.2) is 18.2 Å². The molecule has 98 valence electrons. The minimum atomic E-state index is 0.763. The molecule has 0 saturated carbocycles. The average Bonchev–Trinajstić information content (AvgIpc) is 2.64. The number of benzene rings is 1. The molecule has 1 N–H and O–H groups in total. The third-order valence-corrected chi connectivity index (χ3v) is 3.74. The summed E-state index contributed by atoms with van der Waals surface area (Å²) in [7, 11) is 0. The number of ether oxygens (including phenoxy) is 2. The van der Waals surface area contributed by atoms with Crippen molar-refractivity contribution in [3.63, 3.8) is 0 Å². The molecule has 1 fully saturated rings. The molecule has 1 aromatic rings. The number of fused-ring (bicyclic) bond motifs is 1. The number of hydrogen-bond acceptors (Lipinski definition) is 3. The fraction of sp³-hybridized carbons (Fsp3) is 0.600. The molecule has 1 atom stereocenters. The van der Waals surface area contributed by atoms with Gasteiger partial charge in [-0.2, -0.15) is 0 Å². The van der Waals surface area contributed by atoms with Gasteiger partial charge in [-0.15, -0.1) is 0 Å². The van der Waals surface area contributed by atoms with E-state index in [1.807, 2.05) is 0 Å². The Morgan fingerprint density at radius 3 is 2.83 bits per heavy atom. The van der Waals surface area contributed by atoms with Gasteiger partial charge in [0.25, 0.3) is 0 Å². The molecular weight excluding hydrogens is 226 g/mol. The summed E-state index contributed by atoms with van der Waals surface area (Å²) in [5.41, 5.74) is 1.37. The molecular formula is C15H21NO2. The summed E-state index contributed by atoms with van der Waals surface area (Å²) in [5, 5.41) is 3.47. The van der Waals surface area contributed by atoms with Crippen LogP contribution in [-0.4, -0.2) is 26.3 Å². The lowest BCUT2D eigenvalue weighted by Gasteiger charge is -2.23. The second-order valence-electron chi connectivity index (χ2n) is 5.25. The van der Waals surface area contributed by atoms with Crippen molar-refractivity contribution in [2.75, 3.05) is 26.3 Å². The van der Waals surface area contributed by atoms with Crippen molar-refractivity contribution in [2.45, 2.75) is 25.7 Å². The predicted octanol–water partition coefficient (Wildman–Crippen LogP) is 2.39. The summed E-state index contributed by atoms with van der Waals surface area (Å²) in [6.45, 7) is 3.85. The van der Waals surface area contributed by atoms with Crippen molar-refractivity contribution in [2.24, 2.45) is 5.92 Å². The van der Waals surface area contributed by atoms with Gasteiger partial charge in [0.2, 0.25) is 0 Å². The Kier molecular flexibility index (Phi) is 3.69. The molecule has 0 spiro atoms. The Hall–Kier alpha value is -1.22. The van der Waals surface area contributed by atoms with E-state index in [4.69, 9.17) is 9.47 Å². The van der Waals surface area contributed by atoms with Crippen molar-refractivity contribution >= 4 is 0 Å². The normalized spacial score (nSPS) is 23.4. The maximum absolute atomic E-state index is 5.74. The number of nitrogens with one attached hydrogen (secondary N) is 1. The van der Waals surface area contributed by atoms with E-state index in [-0.39, 0.29) is 0 Å². The zero-order valence-corrected chi connectivity index (χ0v) is 10.8. The molecule has 2 aliphatic rings. The molecule has 2 aliphatic heterocycles. The second-order valence-corrected chi connectivity index (χ2v) is 5.25. The van der Waals surface area contributed by atoms with Crippen LogP contribution in [0.4, 0.5) is 0 Å². The smallest absolute Gasteiger partial charge is 0.161 e. The van der Waals surface area contributed by atoms with Crippen LogP contribution in [0.3, 0.4) is 0 Å². The summed E-state index contributed by atoms with van der Waals surface area (Å²) >= 11 is 0. The van der Waals surface area contributed by atoms with Gasteiger partial charge in [-0.1, -0.05) is 6.07 Å². The van der Waals surface area contributed by atoms with Gasteiger partial charge in [-0.05, 0) is 56.0 Å². The Morgan fingerprint density at radius 2 is 2.00 bits per heavy atom. The van der Waals surface area contributed by atoms with E-state index < -0.39 is 0 Å². The minimum absolute atomic E-state index is 0.763. The summed E-state index contributed by atoms with van der Waals surface area (Å²) in [6, 6.07) is 6.41. The van der Waals surface area contributed by atoms with Crippen LogP contribution in [0.5, 0.6) is 11.5 Å². The first-order valence-electron chi connectivity index (χ1n) is 7.01. The van der Waals surface area contributed by atoms with E-state index in [1.54, 1.807) is 0 Å². The second kappa shape index (κ2) is 5.61. The van der Waals surface area contributed by atoms with Crippen molar-refractivity contribution in [1.29, 1.82) is 0 Å². The zero-order chi connectivity index (χ0) is 12.2. The average molecular weight is 247 g/mol. The van der Waals surface area contributed by atoms with Crippen molar-refractivity contribution in [1.82, 2.24) is 5.32 Å². The molecule has 3 heteroatoms. The first-order chi connectivity index (χ1) is 8.92. The molecule has 3 rings (SSSR count). The Bertz CT molecular complexity index is 399. The van der Waals surface area contributed by atoms with Gasteiger partial charge < -0.3 is 14.8 Å². The highest BCUT2D eigenvalue weighted by molar-refractivity contribution is 5.43. The fourth-order valence-corrected chi connectivity index (χ4v) is 2.77. The summed E-state index contributed by atoms with van der Waals surface area (Å²) in [6.07, 6.45) is 4.75. The lowest BCUT2D eigenvalue weighted by molar-refractivity contribution is 0.297. The number of hydrogen-bond donors (Lipinski definition) is 1. The molecule has 0 aromatic heterocycles. The first kappa shape index (κ1) is 11.8. The van der Waals surface area contributed by atoms with Crippen LogP contribution >= 0.6 is 0 Å². The first-order valence-corrected chi connectivity index (χ1v) is 7.01. The molecule has 0 bridgehead atoms. The van der Waals surface area contributed by atoms with Crippen LogP contribution < -0.4 is 14.8 Å². The van der Waals surface area contributed by atoms with Crippen molar-refractivity contribution < 1.29 is 9.47 Å². The minimum Gasteiger partial charge on any atom is -0.490 e. The molecule has 1 aromatic carbocycles. The monoisotopic (exact) mass is 247 g/mol. The molecule has 0 amide bonds. The topological polar surface area (TPSA) is 30.5 Å². The third-order valence-electron chi connectivity index (χ3n) is 3.74. The molecule has 0 aliphatic carbocycles. The predicted molar refractivity (Wildman–Crippen MR) is 71.3 cm³/mol. The van der Waals surface area contributed by atoms with E-state index in [2.05, 4.69) is 23.5 Å². The van der Waals surface area contributed by atoms with E-state index in [0.717, 1.165) is 50.0 Å². The lowest BCUT2D eigenvalue weighted by Crippen LogP contribution is -2.30. The molecule has 0 radical (unpaired) electrons. The highest BCUT2D eigenvalue weighted by Gasteiger charge is 2.15. The summed E-state index contributed by atoms with van der Waals surface area (Å²) in [4.78, 5) is 0. The van der Waals surface area contributed by atoms with Gasteiger partial charge in [-0.25, -0.2) is 0 Å². The maximum atomic E-state index is 5.74. The lowest BCUT2D eigenvalue weighted by atomic mass is 9.92. The highest BCUT2D eigenvalue weighted by Crippen LogP contribution is 2.31. The van der Waals surface area contributed by atoms with Crippen LogP contribution in [0.1, 0.15) is 24.8 Å². The van der Waals surface area contributed by atoms with Crippen molar-refractivity contribution in [3.05, 3.63) is 23.8 Å². The quantitative estimate of drug-likeness (QED) is 0.870. The van der Waals surface area contributed by atoms with Gasteiger partial charge in [0.1, 0.15) is 0 Å². The third kappa shape index (κ3) is 2.78.